The zero-order chi connectivity index (χ0) is 21.8. The number of rotatable bonds is 3. The number of piperidine rings is 1. The van der Waals surface area contributed by atoms with Crippen LogP contribution in [0.25, 0.3) is 10.4 Å². The van der Waals surface area contributed by atoms with Crippen molar-refractivity contribution in [1.82, 2.24) is 20.7 Å². The molecule has 2 N–H and O–H groups in total. The number of amides is 4. The molecule has 0 saturated carbocycles. The Morgan fingerprint density at radius 2 is 1.52 bits per heavy atom. The van der Waals surface area contributed by atoms with E-state index in [1.807, 2.05) is 9.80 Å². The molecule has 2 saturated heterocycles. The predicted octanol–water partition coefficient (Wildman–Crippen LogP) is 3.24. The Balaban J connectivity index is 1.24. The Labute approximate surface area is 184 Å². The number of carbonyl (C=O) groups excluding carboxylic acids is 3. The largest absolute Gasteiger partial charge is 0.325 e. The van der Waals surface area contributed by atoms with Crippen molar-refractivity contribution in [3.63, 3.8) is 0 Å². The van der Waals surface area contributed by atoms with E-state index in [0.29, 0.717) is 30.8 Å². The molecule has 164 valence electrons. The van der Waals surface area contributed by atoms with Gasteiger partial charge in [0, 0.05) is 37.0 Å². The summed E-state index contributed by atoms with van der Waals surface area (Å²) >= 11 is 1.27. The first kappa shape index (κ1) is 21.3. The van der Waals surface area contributed by atoms with Gasteiger partial charge in [0.05, 0.1) is 4.88 Å². The normalized spacial score (nSPS) is 16.9. The van der Waals surface area contributed by atoms with Crippen molar-refractivity contribution >= 4 is 29.2 Å². The van der Waals surface area contributed by atoms with Gasteiger partial charge in [-0.1, -0.05) is 12.1 Å². The van der Waals surface area contributed by atoms with Crippen molar-refractivity contribution in [2.45, 2.75) is 25.7 Å². The fraction of sp³-hybridized carbons (Fsp3) is 0.409. The first-order chi connectivity index (χ1) is 15.0. The van der Waals surface area contributed by atoms with E-state index in [1.54, 1.807) is 24.3 Å². The van der Waals surface area contributed by atoms with Crippen LogP contribution in [0.4, 0.5) is 9.18 Å². The van der Waals surface area contributed by atoms with Crippen molar-refractivity contribution in [2.75, 3.05) is 26.2 Å². The highest BCUT2D eigenvalue weighted by Gasteiger charge is 2.30. The second-order valence-corrected chi connectivity index (χ2v) is 8.94. The molecule has 0 unspecified atom stereocenters. The molecule has 2 aromatic rings. The standard InChI is InChI=1S/C22H25FN4O3S/c23-17-5-3-15(4-6-17)18-7-8-19(31-18)21(29)25-24-20(28)16-9-13-27(14-10-16)22(30)26-11-1-2-12-26/h3-8,16H,1-2,9-14H2,(H,24,28)(H,25,29). The molecule has 1 aromatic heterocycles. The van der Waals surface area contributed by atoms with Crippen molar-refractivity contribution < 1.29 is 18.8 Å². The zero-order valence-corrected chi connectivity index (χ0v) is 17.9. The molecular formula is C22H25FN4O3S. The molecule has 0 radical (unpaired) electrons. The lowest BCUT2D eigenvalue weighted by molar-refractivity contribution is -0.127. The summed E-state index contributed by atoms with van der Waals surface area (Å²) in [6, 6.07) is 9.60. The topological polar surface area (TPSA) is 81.8 Å². The molecule has 0 bridgehead atoms. The second-order valence-electron chi connectivity index (χ2n) is 7.85. The first-order valence-corrected chi connectivity index (χ1v) is 11.3. The molecule has 1 aromatic carbocycles. The minimum absolute atomic E-state index is 0.0688. The van der Waals surface area contributed by atoms with Crippen LogP contribution in [0.1, 0.15) is 35.4 Å². The lowest BCUT2D eigenvalue weighted by Crippen LogP contribution is -2.50. The molecule has 2 fully saturated rings. The van der Waals surface area contributed by atoms with Crippen LogP contribution in [-0.4, -0.2) is 53.8 Å². The van der Waals surface area contributed by atoms with Gasteiger partial charge >= 0.3 is 6.03 Å². The molecule has 0 atom stereocenters. The summed E-state index contributed by atoms with van der Waals surface area (Å²) in [7, 11) is 0. The second kappa shape index (κ2) is 9.47. The van der Waals surface area contributed by atoms with Gasteiger partial charge in [-0.2, -0.15) is 0 Å². The number of hydrazine groups is 1. The highest BCUT2D eigenvalue weighted by molar-refractivity contribution is 7.17. The smallest absolute Gasteiger partial charge is 0.319 e. The predicted molar refractivity (Wildman–Crippen MR) is 116 cm³/mol. The average Bonchev–Trinajstić information content (AvgIpc) is 3.50. The minimum atomic E-state index is -0.395. The molecule has 31 heavy (non-hydrogen) atoms. The third-order valence-corrected chi connectivity index (χ3v) is 6.90. The molecule has 0 spiro atoms. The highest BCUT2D eigenvalue weighted by Crippen LogP contribution is 2.28. The number of hydrogen-bond donors (Lipinski definition) is 2. The van der Waals surface area contributed by atoms with E-state index in [2.05, 4.69) is 10.9 Å². The maximum Gasteiger partial charge on any atom is 0.319 e. The van der Waals surface area contributed by atoms with Crippen LogP contribution in [0.15, 0.2) is 36.4 Å². The van der Waals surface area contributed by atoms with E-state index in [0.717, 1.165) is 36.4 Å². The van der Waals surface area contributed by atoms with Crippen LogP contribution in [-0.2, 0) is 4.79 Å². The number of benzene rings is 1. The quantitative estimate of drug-likeness (QED) is 0.713. The number of carbonyl (C=O) groups is 3. The van der Waals surface area contributed by atoms with Crippen LogP contribution in [0.5, 0.6) is 0 Å². The number of urea groups is 1. The van der Waals surface area contributed by atoms with Crippen LogP contribution in [0, 0.1) is 11.7 Å². The van der Waals surface area contributed by atoms with Gasteiger partial charge in [0.2, 0.25) is 5.91 Å². The number of halogens is 1. The zero-order valence-electron chi connectivity index (χ0n) is 17.1. The van der Waals surface area contributed by atoms with E-state index >= 15 is 0 Å². The van der Waals surface area contributed by atoms with Gasteiger partial charge in [0.25, 0.3) is 5.91 Å². The summed E-state index contributed by atoms with van der Waals surface area (Å²) < 4.78 is 13.1. The summed E-state index contributed by atoms with van der Waals surface area (Å²) in [4.78, 5) is 42.3. The SMILES string of the molecule is O=C(NNC(=O)C1CCN(C(=O)N2CCCC2)CC1)c1ccc(-c2ccc(F)cc2)s1. The van der Waals surface area contributed by atoms with Crippen LogP contribution >= 0.6 is 11.3 Å². The number of nitrogens with one attached hydrogen (secondary N) is 2. The van der Waals surface area contributed by atoms with Gasteiger partial charge in [-0.05, 0) is 55.5 Å². The molecule has 4 amide bonds. The van der Waals surface area contributed by atoms with Crippen LogP contribution in [0.2, 0.25) is 0 Å². The molecule has 3 heterocycles. The van der Waals surface area contributed by atoms with E-state index in [-0.39, 0.29) is 23.7 Å². The van der Waals surface area contributed by atoms with E-state index in [9.17, 15) is 18.8 Å². The molecule has 2 aliphatic heterocycles. The maximum absolute atomic E-state index is 13.1. The van der Waals surface area contributed by atoms with Crippen molar-refractivity contribution in [3.05, 3.63) is 47.1 Å². The van der Waals surface area contributed by atoms with Gasteiger partial charge in [0.1, 0.15) is 5.82 Å². The fourth-order valence-corrected chi connectivity index (χ4v) is 4.86. The Morgan fingerprint density at radius 3 is 2.19 bits per heavy atom. The van der Waals surface area contributed by atoms with Gasteiger partial charge in [-0.3, -0.25) is 20.4 Å². The van der Waals surface area contributed by atoms with E-state index in [4.69, 9.17) is 0 Å². The van der Waals surface area contributed by atoms with Crippen molar-refractivity contribution in [3.8, 4) is 10.4 Å². The molecule has 2 aliphatic rings. The fourth-order valence-electron chi connectivity index (χ4n) is 3.95. The van der Waals surface area contributed by atoms with Crippen LogP contribution in [0.3, 0.4) is 0 Å². The third kappa shape index (κ3) is 5.04. The summed E-state index contributed by atoms with van der Waals surface area (Å²) in [5, 5.41) is 0. The molecule has 7 nitrogen and oxygen atoms in total. The Morgan fingerprint density at radius 1 is 0.871 bits per heavy atom. The van der Waals surface area contributed by atoms with Crippen LogP contribution < -0.4 is 10.9 Å². The van der Waals surface area contributed by atoms with E-state index < -0.39 is 5.91 Å². The minimum Gasteiger partial charge on any atom is -0.325 e. The van der Waals surface area contributed by atoms with Crippen molar-refractivity contribution in [1.29, 1.82) is 0 Å². The molecular weight excluding hydrogens is 419 g/mol. The summed E-state index contributed by atoms with van der Waals surface area (Å²) in [6.45, 7) is 2.73. The third-order valence-electron chi connectivity index (χ3n) is 5.77. The van der Waals surface area contributed by atoms with Gasteiger partial charge in [0.15, 0.2) is 0 Å². The number of hydrogen-bond acceptors (Lipinski definition) is 4. The molecule has 4 rings (SSSR count). The first-order valence-electron chi connectivity index (χ1n) is 10.5. The Bertz CT molecular complexity index is 948. The van der Waals surface area contributed by atoms with Gasteiger partial charge in [-0.15, -0.1) is 11.3 Å². The van der Waals surface area contributed by atoms with Crippen molar-refractivity contribution in [2.24, 2.45) is 5.92 Å². The number of thiophene rings is 1. The van der Waals surface area contributed by atoms with Gasteiger partial charge in [-0.25, -0.2) is 9.18 Å². The lowest BCUT2D eigenvalue weighted by Gasteiger charge is -2.33. The summed E-state index contributed by atoms with van der Waals surface area (Å²) in [5.74, 6) is -1.18. The molecule has 9 heteroatoms. The maximum atomic E-state index is 13.1. The monoisotopic (exact) mass is 444 g/mol. The number of likely N-dealkylation sites (tertiary alicyclic amines) is 2. The Hall–Kier alpha value is -2.94. The summed E-state index contributed by atoms with van der Waals surface area (Å²) in [6.07, 6.45) is 3.27. The summed E-state index contributed by atoms with van der Waals surface area (Å²) in [5.41, 5.74) is 5.81. The Kier molecular flexibility index (Phi) is 6.50. The highest BCUT2D eigenvalue weighted by atomic mass is 32.1. The average molecular weight is 445 g/mol. The number of nitrogens with zero attached hydrogens (tertiary/aromatic N) is 2. The van der Waals surface area contributed by atoms with E-state index in [1.165, 1.54) is 23.5 Å². The molecule has 0 aliphatic carbocycles. The lowest BCUT2D eigenvalue weighted by atomic mass is 9.96. The van der Waals surface area contributed by atoms with Gasteiger partial charge < -0.3 is 9.80 Å².